The molecule has 0 aliphatic carbocycles. The largest absolute Gasteiger partial charge is 0.506 e. The smallest absolute Gasteiger partial charge is 0.246 e. The van der Waals surface area contributed by atoms with E-state index in [9.17, 15) is 9.90 Å². The van der Waals surface area contributed by atoms with Crippen LogP contribution in [0.3, 0.4) is 0 Å². The van der Waals surface area contributed by atoms with Crippen molar-refractivity contribution in [1.82, 2.24) is 24.9 Å². The summed E-state index contributed by atoms with van der Waals surface area (Å²) in [7, 11) is 0. The van der Waals surface area contributed by atoms with Crippen molar-refractivity contribution in [3.05, 3.63) is 42.5 Å². The lowest BCUT2D eigenvalue weighted by molar-refractivity contribution is -0.129. The Bertz CT molecular complexity index is 684. The van der Waals surface area contributed by atoms with Crippen LogP contribution in [0.1, 0.15) is 24.8 Å². The van der Waals surface area contributed by atoms with E-state index in [0.717, 1.165) is 25.8 Å². The molecule has 2 aromatic rings. The first-order chi connectivity index (χ1) is 11.2. The number of carbonyl (C=O) groups is 1. The third-order valence-corrected chi connectivity index (χ3v) is 3.94. The van der Waals surface area contributed by atoms with Gasteiger partial charge in [-0.05, 0) is 37.0 Å². The van der Waals surface area contributed by atoms with Crippen LogP contribution in [0.15, 0.2) is 36.9 Å². The maximum Gasteiger partial charge on any atom is 0.246 e. The molecule has 1 N–H and O–H groups in total. The Morgan fingerprint density at radius 3 is 3.09 bits per heavy atom. The quantitative estimate of drug-likeness (QED) is 0.864. The molecule has 1 aliphatic rings. The molecule has 0 aromatic carbocycles. The van der Waals surface area contributed by atoms with E-state index in [1.807, 2.05) is 11.1 Å². The normalized spacial score (nSPS) is 18.4. The summed E-state index contributed by atoms with van der Waals surface area (Å²) in [6.45, 7) is 1.41. The van der Waals surface area contributed by atoms with Crippen molar-refractivity contribution in [3.63, 3.8) is 0 Å². The Hall–Kier alpha value is -2.70. The van der Waals surface area contributed by atoms with Crippen LogP contribution < -0.4 is 0 Å². The third kappa shape index (κ3) is 3.94. The zero-order chi connectivity index (χ0) is 16.1. The van der Waals surface area contributed by atoms with Gasteiger partial charge in [-0.1, -0.05) is 5.21 Å². The lowest BCUT2D eigenvalue weighted by Crippen LogP contribution is -2.45. The maximum atomic E-state index is 12.5. The Labute approximate surface area is 134 Å². The van der Waals surface area contributed by atoms with E-state index in [1.54, 1.807) is 29.2 Å². The van der Waals surface area contributed by atoms with Crippen LogP contribution in [0.2, 0.25) is 0 Å². The van der Waals surface area contributed by atoms with Gasteiger partial charge in [-0.15, -0.1) is 5.10 Å². The molecule has 23 heavy (non-hydrogen) atoms. The second-order valence-corrected chi connectivity index (χ2v) is 5.62. The fraction of sp³-hybridized carbons (Fsp3) is 0.375. The first kappa shape index (κ1) is 15.2. The molecule has 0 spiro atoms. The van der Waals surface area contributed by atoms with E-state index in [4.69, 9.17) is 0 Å². The summed E-state index contributed by atoms with van der Waals surface area (Å²) in [5, 5.41) is 17.2. The number of nitrogens with zero attached hydrogens (tertiary/aromatic N) is 5. The molecule has 0 saturated carbocycles. The van der Waals surface area contributed by atoms with Crippen molar-refractivity contribution in [1.29, 1.82) is 0 Å². The minimum atomic E-state index is -0.0295. The minimum absolute atomic E-state index is 0.0295. The highest BCUT2D eigenvalue weighted by Crippen LogP contribution is 2.19. The van der Waals surface area contributed by atoms with Gasteiger partial charge in [0, 0.05) is 25.0 Å². The summed E-state index contributed by atoms with van der Waals surface area (Å²) in [5.41, 5.74) is 0.697. The lowest BCUT2D eigenvalue weighted by atomic mass is 10.0. The first-order valence-corrected chi connectivity index (χ1v) is 7.69. The summed E-state index contributed by atoms with van der Waals surface area (Å²) in [4.78, 5) is 18.3. The van der Waals surface area contributed by atoms with Gasteiger partial charge in [0.05, 0.1) is 25.0 Å². The summed E-state index contributed by atoms with van der Waals surface area (Å²) >= 11 is 0. The number of carbonyl (C=O) groups excluding carboxylic acids is 1. The van der Waals surface area contributed by atoms with Gasteiger partial charge in [-0.3, -0.25) is 14.5 Å². The molecule has 0 radical (unpaired) electrons. The first-order valence-electron chi connectivity index (χ1n) is 7.69. The number of aromatic nitrogens is 4. The summed E-state index contributed by atoms with van der Waals surface area (Å²) in [5.74, 6) is 0.0554. The molecular formula is C16H19N5O2. The average molecular weight is 313 g/mol. The molecule has 1 aliphatic heterocycles. The van der Waals surface area contributed by atoms with Crippen molar-refractivity contribution in [3.8, 4) is 5.75 Å². The Morgan fingerprint density at radius 2 is 2.30 bits per heavy atom. The van der Waals surface area contributed by atoms with Gasteiger partial charge in [0.2, 0.25) is 5.91 Å². The van der Waals surface area contributed by atoms with E-state index in [-0.39, 0.29) is 17.7 Å². The Morgan fingerprint density at radius 1 is 1.39 bits per heavy atom. The van der Waals surface area contributed by atoms with E-state index >= 15 is 0 Å². The predicted octanol–water partition coefficient (Wildman–Crippen LogP) is 1.47. The second kappa shape index (κ2) is 7.04. The van der Waals surface area contributed by atoms with E-state index < -0.39 is 0 Å². The van der Waals surface area contributed by atoms with Gasteiger partial charge >= 0.3 is 0 Å². The van der Waals surface area contributed by atoms with Crippen LogP contribution in [0.4, 0.5) is 0 Å². The second-order valence-electron chi connectivity index (χ2n) is 5.62. The highest BCUT2D eigenvalue weighted by atomic mass is 16.3. The SMILES string of the molecule is O=C(/C=C/c1cncc(O)c1)N1CCCCC1Cn1ccnn1. The Kier molecular flexibility index (Phi) is 4.65. The fourth-order valence-corrected chi connectivity index (χ4v) is 2.83. The topological polar surface area (TPSA) is 84.1 Å². The average Bonchev–Trinajstić information content (AvgIpc) is 3.06. The van der Waals surface area contributed by atoms with Crippen molar-refractivity contribution in [2.75, 3.05) is 6.54 Å². The number of pyridine rings is 1. The zero-order valence-electron chi connectivity index (χ0n) is 12.7. The molecule has 1 saturated heterocycles. The molecule has 1 amide bonds. The van der Waals surface area contributed by atoms with Gasteiger partial charge in [0.25, 0.3) is 0 Å². The Balaban J connectivity index is 1.68. The number of hydrogen-bond donors (Lipinski definition) is 1. The third-order valence-electron chi connectivity index (χ3n) is 3.94. The van der Waals surface area contributed by atoms with Crippen molar-refractivity contribution in [2.45, 2.75) is 31.8 Å². The van der Waals surface area contributed by atoms with E-state index in [0.29, 0.717) is 12.1 Å². The van der Waals surface area contributed by atoms with E-state index in [2.05, 4.69) is 15.3 Å². The van der Waals surface area contributed by atoms with Gasteiger partial charge in [-0.2, -0.15) is 0 Å². The standard InChI is InChI=1S/C16H19N5O2/c22-15-9-13(10-17-11-15)4-5-16(23)21-7-2-1-3-14(21)12-20-8-6-18-19-20/h4-6,8-11,14,22H,1-3,7,12H2/b5-4+. The van der Waals surface area contributed by atoms with Gasteiger partial charge in [0.1, 0.15) is 5.75 Å². The molecule has 2 aromatic heterocycles. The fourth-order valence-electron chi connectivity index (χ4n) is 2.83. The van der Waals surface area contributed by atoms with Gasteiger partial charge in [-0.25, -0.2) is 0 Å². The van der Waals surface area contributed by atoms with Gasteiger partial charge < -0.3 is 10.0 Å². The maximum absolute atomic E-state index is 12.5. The highest BCUT2D eigenvalue weighted by molar-refractivity contribution is 5.92. The molecular weight excluding hydrogens is 294 g/mol. The number of hydrogen-bond acceptors (Lipinski definition) is 5. The summed E-state index contributed by atoms with van der Waals surface area (Å²) < 4.78 is 1.76. The number of piperidine rings is 1. The highest BCUT2D eigenvalue weighted by Gasteiger charge is 2.25. The minimum Gasteiger partial charge on any atom is -0.506 e. The lowest BCUT2D eigenvalue weighted by Gasteiger charge is -2.35. The molecule has 1 unspecified atom stereocenters. The zero-order valence-corrected chi connectivity index (χ0v) is 12.7. The monoisotopic (exact) mass is 313 g/mol. The molecule has 3 heterocycles. The van der Waals surface area contributed by atoms with E-state index in [1.165, 1.54) is 12.3 Å². The molecule has 1 atom stereocenters. The van der Waals surface area contributed by atoms with Gasteiger partial charge in [0.15, 0.2) is 0 Å². The van der Waals surface area contributed by atoms with Crippen LogP contribution in [0.5, 0.6) is 5.75 Å². The van der Waals surface area contributed by atoms with Crippen LogP contribution >= 0.6 is 0 Å². The van der Waals surface area contributed by atoms with Crippen LogP contribution in [-0.4, -0.2) is 48.5 Å². The van der Waals surface area contributed by atoms with Crippen molar-refractivity contribution in [2.24, 2.45) is 0 Å². The number of aromatic hydroxyl groups is 1. The molecule has 1 fully saturated rings. The van der Waals surface area contributed by atoms with Crippen LogP contribution in [-0.2, 0) is 11.3 Å². The molecule has 7 heteroatoms. The summed E-state index contributed by atoms with van der Waals surface area (Å²) in [6.07, 6.45) is 12.7. The number of amides is 1. The molecule has 3 rings (SSSR count). The summed E-state index contributed by atoms with van der Waals surface area (Å²) in [6, 6.07) is 1.70. The number of likely N-dealkylation sites (tertiary alicyclic amines) is 1. The van der Waals surface area contributed by atoms with Crippen LogP contribution in [0.25, 0.3) is 6.08 Å². The molecule has 7 nitrogen and oxygen atoms in total. The number of rotatable bonds is 4. The molecule has 120 valence electrons. The predicted molar refractivity (Wildman–Crippen MR) is 84.3 cm³/mol. The van der Waals surface area contributed by atoms with Crippen LogP contribution in [0, 0.1) is 0 Å². The van der Waals surface area contributed by atoms with Crippen molar-refractivity contribution < 1.29 is 9.90 Å². The van der Waals surface area contributed by atoms with Crippen molar-refractivity contribution >= 4 is 12.0 Å². The molecule has 0 bridgehead atoms.